The van der Waals surface area contributed by atoms with Crippen LogP contribution in [0.3, 0.4) is 0 Å². The molecule has 0 aliphatic carbocycles. The van der Waals surface area contributed by atoms with Gasteiger partial charge < -0.3 is 14.3 Å². The zero-order valence-electron chi connectivity index (χ0n) is 9.39. The Hall–Kier alpha value is -1.45. The lowest BCUT2D eigenvalue weighted by molar-refractivity contribution is 0.166. The minimum atomic E-state index is -0.673. The van der Waals surface area contributed by atoms with Gasteiger partial charge in [-0.25, -0.2) is 0 Å². The number of hydrogen-bond donors (Lipinski definition) is 1. The number of ether oxygens (including phenoxy) is 1. The van der Waals surface area contributed by atoms with Crippen LogP contribution in [0.15, 0.2) is 41.0 Å². The second-order valence-electron chi connectivity index (χ2n) is 3.69. The van der Waals surface area contributed by atoms with Crippen LogP contribution in [0.25, 0.3) is 0 Å². The van der Waals surface area contributed by atoms with Crippen LogP contribution in [0.4, 0.5) is 0 Å². The number of benzene rings is 1. The molecule has 2 rings (SSSR count). The Labute approximate surface area is 105 Å². The van der Waals surface area contributed by atoms with Crippen molar-refractivity contribution in [3.8, 4) is 5.75 Å². The second kappa shape index (κ2) is 5.25. The molecule has 90 valence electrons. The number of rotatable bonds is 4. The predicted molar refractivity (Wildman–Crippen MR) is 65.4 cm³/mol. The van der Waals surface area contributed by atoms with Crippen molar-refractivity contribution in [1.29, 1.82) is 0 Å². The van der Waals surface area contributed by atoms with Crippen LogP contribution in [0, 0.1) is 0 Å². The number of halogens is 1. The molecule has 0 bridgehead atoms. The van der Waals surface area contributed by atoms with Gasteiger partial charge in [0.1, 0.15) is 11.5 Å². The molecule has 0 aliphatic heterocycles. The first-order valence-electron chi connectivity index (χ1n) is 5.24. The molecule has 0 amide bonds. The van der Waals surface area contributed by atoms with Gasteiger partial charge in [-0.05, 0) is 24.3 Å². The van der Waals surface area contributed by atoms with Crippen LogP contribution in [-0.2, 0) is 6.42 Å². The maximum atomic E-state index is 10.1. The Morgan fingerprint density at radius 2 is 2.24 bits per heavy atom. The van der Waals surface area contributed by atoms with Crippen LogP contribution in [-0.4, -0.2) is 12.2 Å². The van der Waals surface area contributed by atoms with Gasteiger partial charge in [0.25, 0.3) is 0 Å². The highest BCUT2D eigenvalue weighted by Gasteiger charge is 2.15. The van der Waals surface area contributed by atoms with Crippen molar-refractivity contribution in [3.05, 3.63) is 52.9 Å². The lowest BCUT2D eigenvalue weighted by Gasteiger charge is -2.14. The fourth-order valence-electron chi connectivity index (χ4n) is 1.69. The summed E-state index contributed by atoms with van der Waals surface area (Å²) in [5, 5.41) is 10.7. The van der Waals surface area contributed by atoms with Crippen LogP contribution in [0.2, 0.25) is 5.02 Å². The van der Waals surface area contributed by atoms with Gasteiger partial charge >= 0.3 is 0 Å². The van der Waals surface area contributed by atoms with E-state index in [-0.39, 0.29) is 0 Å². The summed E-state index contributed by atoms with van der Waals surface area (Å²) in [4.78, 5) is 0. The van der Waals surface area contributed by atoms with E-state index in [1.807, 2.05) is 6.07 Å². The summed E-state index contributed by atoms with van der Waals surface area (Å²) < 4.78 is 10.4. The van der Waals surface area contributed by atoms with Crippen molar-refractivity contribution in [2.24, 2.45) is 0 Å². The van der Waals surface area contributed by atoms with Crippen LogP contribution >= 0.6 is 11.6 Å². The molecule has 4 heteroatoms. The second-order valence-corrected chi connectivity index (χ2v) is 4.12. The molecular formula is C13H13ClO3. The van der Waals surface area contributed by atoms with Gasteiger partial charge in [0, 0.05) is 17.0 Å². The first-order chi connectivity index (χ1) is 8.20. The van der Waals surface area contributed by atoms with Gasteiger partial charge in [-0.3, -0.25) is 0 Å². The van der Waals surface area contributed by atoms with E-state index in [9.17, 15) is 5.11 Å². The molecule has 17 heavy (non-hydrogen) atoms. The topological polar surface area (TPSA) is 42.6 Å². The van der Waals surface area contributed by atoms with E-state index in [4.69, 9.17) is 20.8 Å². The van der Waals surface area contributed by atoms with Crippen molar-refractivity contribution in [1.82, 2.24) is 0 Å². The molecular weight excluding hydrogens is 240 g/mol. The van der Waals surface area contributed by atoms with Crippen molar-refractivity contribution in [2.75, 3.05) is 7.11 Å². The normalized spacial score (nSPS) is 12.4. The predicted octanol–water partition coefficient (Wildman–Crippen LogP) is 3.22. The molecule has 0 saturated carbocycles. The Balaban J connectivity index is 2.21. The molecule has 1 unspecified atom stereocenters. The first kappa shape index (κ1) is 12.0. The molecule has 1 N–H and O–H groups in total. The number of aliphatic hydroxyl groups excluding tert-OH is 1. The van der Waals surface area contributed by atoms with E-state index in [1.54, 1.807) is 37.6 Å². The largest absolute Gasteiger partial charge is 0.496 e. The van der Waals surface area contributed by atoms with Crippen molar-refractivity contribution in [2.45, 2.75) is 12.5 Å². The Bertz CT molecular complexity index is 479. The van der Waals surface area contributed by atoms with Gasteiger partial charge in [0.2, 0.25) is 0 Å². The quantitative estimate of drug-likeness (QED) is 0.909. The molecule has 0 fully saturated rings. The summed E-state index contributed by atoms with van der Waals surface area (Å²) in [6.07, 6.45) is 1.32. The summed E-state index contributed by atoms with van der Waals surface area (Å²) in [5.41, 5.74) is 0.702. The molecule has 3 nitrogen and oxygen atoms in total. The molecule has 1 aromatic carbocycles. The van der Waals surface area contributed by atoms with Crippen LogP contribution < -0.4 is 4.74 Å². The molecule has 0 saturated heterocycles. The minimum absolute atomic E-state index is 0.408. The summed E-state index contributed by atoms with van der Waals surface area (Å²) in [7, 11) is 1.55. The van der Waals surface area contributed by atoms with E-state index in [0.717, 1.165) is 5.76 Å². The molecule has 0 aliphatic rings. The average Bonchev–Trinajstić information content (AvgIpc) is 2.81. The minimum Gasteiger partial charge on any atom is -0.496 e. The Kier molecular flexibility index (Phi) is 3.71. The third-order valence-corrected chi connectivity index (χ3v) is 2.76. The van der Waals surface area contributed by atoms with Crippen molar-refractivity contribution < 1.29 is 14.3 Å². The zero-order chi connectivity index (χ0) is 12.3. The van der Waals surface area contributed by atoms with Gasteiger partial charge in [0.15, 0.2) is 0 Å². The standard InChI is InChI=1S/C13H13ClO3/c1-16-13-7-9(14)4-5-11(13)12(15)8-10-3-2-6-17-10/h2-7,12,15H,8H2,1H3. The number of hydrogen-bond acceptors (Lipinski definition) is 3. The van der Waals surface area contributed by atoms with Gasteiger partial charge in [-0.2, -0.15) is 0 Å². The van der Waals surface area contributed by atoms with E-state index < -0.39 is 6.10 Å². The lowest BCUT2D eigenvalue weighted by Crippen LogP contribution is -2.03. The fourth-order valence-corrected chi connectivity index (χ4v) is 1.85. The van der Waals surface area contributed by atoms with Crippen LogP contribution in [0.5, 0.6) is 5.75 Å². The Morgan fingerprint density at radius 3 is 2.88 bits per heavy atom. The SMILES string of the molecule is COc1cc(Cl)ccc1C(O)Cc1ccco1. The van der Waals surface area contributed by atoms with Gasteiger partial charge in [0.05, 0.1) is 19.5 Å². The number of furan rings is 1. The Morgan fingerprint density at radius 1 is 1.41 bits per heavy atom. The van der Waals surface area contributed by atoms with E-state index >= 15 is 0 Å². The first-order valence-corrected chi connectivity index (χ1v) is 5.62. The maximum Gasteiger partial charge on any atom is 0.126 e. The average molecular weight is 253 g/mol. The highest BCUT2D eigenvalue weighted by atomic mass is 35.5. The molecule has 2 aromatic rings. The molecule has 0 radical (unpaired) electrons. The number of aliphatic hydroxyl groups is 1. The maximum absolute atomic E-state index is 10.1. The van der Waals surface area contributed by atoms with Crippen molar-refractivity contribution >= 4 is 11.6 Å². The monoisotopic (exact) mass is 252 g/mol. The summed E-state index contributed by atoms with van der Waals surface area (Å²) in [5.74, 6) is 1.31. The molecule has 0 spiro atoms. The highest BCUT2D eigenvalue weighted by molar-refractivity contribution is 6.30. The molecule has 1 heterocycles. The van der Waals surface area contributed by atoms with E-state index in [1.165, 1.54) is 0 Å². The molecule has 1 aromatic heterocycles. The van der Waals surface area contributed by atoms with Crippen molar-refractivity contribution in [3.63, 3.8) is 0 Å². The lowest BCUT2D eigenvalue weighted by atomic mass is 10.0. The highest BCUT2D eigenvalue weighted by Crippen LogP contribution is 2.30. The van der Waals surface area contributed by atoms with Gasteiger partial charge in [-0.1, -0.05) is 17.7 Å². The van der Waals surface area contributed by atoms with E-state index in [0.29, 0.717) is 22.8 Å². The third-order valence-electron chi connectivity index (χ3n) is 2.53. The third kappa shape index (κ3) is 2.81. The number of methoxy groups -OCH3 is 1. The summed E-state index contributed by atoms with van der Waals surface area (Å²) in [6, 6.07) is 8.79. The fraction of sp³-hybridized carbons (Fsp3) is 0.231. The summed E-state index contributed by atoms with van der Waals surface area (Å²) in [6.45, 7) is 0. The van der Waals surface area contributed by atoms with Gasteiger partial charge in [-0.15, -0.1) is 0 Å². The zero-order valence-corrected chi connectivity index (χ0v) is 10.1. The smallest absolute Gasteiger partial charge is 0.126 e. The van der Waals surface area contributed by atoms with Crippen LogP contribution in [0.1, 0.15) is 17.4 Å². The molecule has 1 atom stereocenters. The summed E-state index contributed by atoms with van der Waals surface area (Å²) >= 11 is 5.86. The van der Waals surface area contributed by atoms with E-state index in [2.05, 4.69) is 0 Å².